The summed E-state index contributed by atoms with van der Waals surface area (Å²) in [7, 11) is 0. The number of aromatic nitrogens is 4. The quantitative estimate of drug-likeness (QED) is 0.702. The van der Waals surface area contributed by atoms with Gasteiger partial charge in [-0.2, -0.15) is 0 Å². The van der Waals surface area contributed by atoms with E-state index < -0.39 is 0 Å². The summed E-state index contributed by atoms with van der Waals surface area (Å²) < 4.78 is 5.28. The fourth-order valence-electron chi connectivity index (χ4n) is 3.95. The van der Waals surface area contributed by atoms with Gasteiger partial charge in [0.1, 0.15) is 11.6 Å². The molecule has 1 aliphatic rings. The first kappa shape index (κ1) is 17.8. The van der Waals surface area contributed by atoms with Crippen LogP contribution in [0.5, 0.6) is 0 Å². The normalized spacial score (nSPS) is 18.0. The van der Waals surface area contributed by atoms with Gasteiger partial charge in [0, 0.05) is 48.2 Å². The maximum absolute atomic E-state index is 5.28. The van der Waals surface area contributed by atoms with Gasteiger partial charge in [-0.3, -0.25) is 9.88 Å². The fraction of sp³-hybridized carbons (Fsp3) is 0.429. The van der Waals surface area contributed by atoms with E-state index in [-0.39, 0.29) is 0 Å². The lowest BCUT2D eigenvalue weighted by Crippen LogP contribution is -2.34. The molecule has 1 saturated heterocycles. The Bertz CT molecular complexity index is 899. The number of likely N-dealkylation sites (tertiary alicyclic amines) is 1. The Morgan fingerprint density at radius 1 is 1.15 bits per heavy atom. The van der Waals surface area contributed by atoms with Gasteiger partial charge in [0.2, 0.25) is 0 Å². The van der Waals surface area contributed by atoms with Gasteiger partial charge in [-0.1, -0.05) is 11.2 Å². The predicted octanol–water partition coefficient (Wildman–Crippen LogP) is 3.83. The standard InChI is InChI=1S/C21H25N5O/c1-14-21(15(2)27-25-14)17-6-7-20(23-11-17)18-5-4-10-26(12-18)13-19-8-9-22-16(3)24-19/h6-9,11,18H,4-5,10,12-13H2,1-3H3. The van der Waals surface area contributed by atoms with Gasteiger partial charge in [0.15, 0.2) is 0 Å². The number of aryl methyl sites for hydroxylation is 3. The highest BCUT2D eigenvalue weighted by atomic mass is 16.5. The molecule has 0 aliphatic carbocycles. The zero-order valence-corrected chi connectivity index (χ0v) is 16.1. The van der Waals surface area contributed by atoms with Gasteiger partial charge in [-0.25, -0.2) is 9.97 Å². The number of nitrogens with zero attached hydrogens (tertiary/aromatic N) is 5. The molecule has 1 aliphatic heterocycles. The zero-order chi connectivity index (χ0) is 18.8. The van der Waals surface area contributed by atoms with Gasteiger partial charge < -0.3 is 4.52 Å². The molecule has 0 amide bonds. The van der Waals surface area contributed by atoms with Crippen molar-refractivity contribution < 1.29 is 4.52 Å². The molecule has 140 valence electrons. The maximum atomic E-state index is 5.28. The molecule has 1 fully saturated rings. The largest absolute Gasteiger partial charge is 0.361 e. The molecule has 0 radical (unpaired) electrons. The third kappa shape index (κ3) is 3.90. The Kier molecular flexibility index (Phi) is 4.99. The van der Waals surface area contributed by atoms with E-state index in [2.05, 4.69) is 32.2 Å². The first-order valence-corrected chi connectivity index (χ1v) is 9.50. The van der Waals surface area contributed by atoms with Crippen LogP contribution in [-0.2, 0) is 6.54 Å². The Morgan fingerprint density at radius 3 is 2.74 bits per heavy atom. The second-order valence-corrected chi connectivity index (χ2v) is 7.34. The number of rotatable bonds is 4. The van der Waals surface area contributed by atoms with Crippen molar-refractivity contribution in [3.05, 3.63) is 59.3 Å². The summed E-state index contributed by atoms with van der Waals surface area (Å²) in [5.41, 5.74) is 5.28. The van der Waals surface area contributed by atoms with Gasteiger partial charge in [-0.15, -0.1) is 0 Å². The zero-order valence-electron chi connectivity index (χ0n) is 16.1. The summed E-state index contributed by atoms with van der Waals surface area (Å²) in [6.45, 7) is 8.84. The molecule has 0 saturated carbocycles. The molecule has 0 aromatic carbocycles. The minimum Gasteiger partial charge on any atom is -0.361 e. The molecule has 0 spiro atoms. The highest BCUT2D eigenvalue weighted by Gasteiger charge is 2.23. The van der Waals surface area contributed by atoms with Crippen LogP contribution >= 0.6 is 0 Å². The molecule has 4 rings (SSSR count). The molecular weight excluding hydrogens is 338 g/mol. The van der Waals surface area contributed by atoms with E-state index in [4.69, 9.17) is 9.51 Å². The smallest absolute Gasteiger partial charge is 0.141 e. The lowest BCUT2D eigenvalue weighted by atomic mass is 9.93. The van der Waals surface area contributed by atoms with Crippen molar-refractivity contribution in [3.8, 4) is 11.1 Å². The van der Waals surface area contributed by atoms with Crippen LogP contribution in [0.2, 0.25) is 0 Å². The highest BCUT2D eigenvalue weighted by molar-refractivity contribution is 5.66. The third-order valence-corrected chi connectivity index (χ3v) is 5.25. The van der Waals surface area contributed by atoms with E-state index in [0.29, 0.717) is 5.92 Å². The van der Waals surface area contributed by atoms with Crippen molar-refractivity contribution in [1.29, 1.82) is 0 Å². The molecule has 3 aromatic rings. The SMILES string of the molecule is Cc1nccc(CN2CCCC(c3ccc(-c4c(C)noc4C)cn3)C2)n1. The molecule has 1 unspecified atom stereocenters. The van der Waals surface area contributed by atoms with E-state index in [9.17, 15) is 0 Å². The average molecular weight is 363 g/mol. The van der Waals surface area contributed by atoms with Crippen LogP contribution in [0.25, 0.3) is 11.1 Å². The molecule has 6 heteroatoms. The Balaban J connectivity index is 1.47. The lowest BCUT2D eigenvalue weighted by molar-refractivity contribution is 0.196. The van der Waals surface area contributed by atoms with E-state index in [1.54, 1.807) is 0 Å². The molecule has 4 heterocycles. The minimum atomic E-state index is 0.459. The summed E-state index contributed by atoms with van der Waals surface area (Å²) in [6, 6.07) is 6.30. The van der Waals surface area contributed by atoms with Crippen molar-refractivity contribution in [2.75, 3.05) is 13.1 Å². The second-order valence-electron chi connectivity index (χ2n) is 7.34. The summed E-state index contributed by atoms with van der Waals surface area (Å²) in [6.07, 6.45) is 6.15. The number of piperidine rings is 1. The van der Waals surface area contributed by atoms with E-state index >= 15 is 0 Å². The van der Waals surface area contributed by atoms with Gasteiger partial charge in [0.05, 0.1) is 11.4 Å². The van der Waals surface area contributed by atoms with Gasteiger partial charge >= 0.3 is 0 Å². The van der Waals surface area contributed by atoms with Crippen molar-refractivity contribution in [2.45, 2.75) is 46.1 Å². The van der Waals surface area contributed by atoms with Crippen molar-refractivity contribution >= 4 is 0 Å². The van der Waals surface area contributed by atoms with Crippen LogP contribution in [0.3, 0.4) is 0 Å². The van der Waals surface area contributed by atoms with Gasteiger partial charge in [0.25, 0.3) is 0 Å². The lowest BCUT2D eigenvalue weighted by Gasteiger charge is -2.32. The van der Waals surface area contributed by atoms with Crippen LogP contribution < -0.4 is 0 Å². The number of pyridine rings is 1. The van der Waals surface area contributed by atoms with Crippen LogP contribution in [0.4, 0.5) is 0 Å². The van der Waals surface area contributed by atoms with Crippen molar-refractivity contribution in [3.63, 3.8) is 0 Å². The van der Waals surface area contributed by atoms with Crippen LogP contribution in [0.15, 0.2) is 35.1 Å². The van der Waals surface area contributed by atoms with E-state index in [0.717, 1.165) is 59.4 Å². The second kappa shape index (κ2) is 7.56. The summed E-state index contributed by atoms with van der Waals surface area (Å²) in [5, 5.41) is 4.04. The maximum Gasteiger partial charge on any atom is 0.141 e. The molecule has 3 aromatic heterocycles. The summed E-state index contributed by atoms with van der Waals surface area (Å²) in [5.74, 6) is 2.13. The van der Waals surface area contributed by atoms with Crippen LogP contribution in [0.1, 0.15) is 47.4 Å². The Labute approximate surface area is 159 Å². The van der Waals surface area contributed by atoms with Gasteiger partial charge in [-0.05, 0) is 52.3 Å². The summed E-state index contributed by atoms with van der Waals surface area (Å²) >= 11 is 0. The van der Waals surface area contributed by atoms with Crippen molar-refractivity contribution in [1.82, 2.24) is 25.0 Å². The Morgan fingerprint density at radius 2 is 2.04 bits per heavy atom. The monoisotopic (exact) mass is 363 g/mol. The average Bonchev–Trinajstić information content (AvgIpc) is 3.00. The van der Waals surface area contributed by atoms with Crippen molar-refractivity contribution in [2.24, 2.45) is 0 Å². The Hall–Kier alpha value is -2.60. The highest BCUT2D eigenvalue weighted by Crippen LogP contribution is 2.30. The molecule has 27 heavy (non-hydrogen) atoms. The molecular formula is C21H25N5O. The molecule has 0 N–H and O–H groups in total. The first-order chi connectivity index (χ1) is 13.1. The predicted molar refractivity (Wildman–Crippen MR) is 103 cm³/mol. The topological polar surface area (TPSA) is 67.9 Å². The number of hydrogen-bond acceptors (Lipinski definition) is 6. The first-order valence-electron chi connectivity index (χ1n) is 9.50. The third-order valence-electron chi connectivity index (χ3n) is 5.25. The minimum absolute atomic E-state index is 0.459. The van der Waals surface area contributed by atoms with Crippen LogP contribution in [-0.4, -0.2) is 38.1 Å². The molecule has 6 nitrogen and oxygen atoms in total. The van der Waals surface area contributed by atoms with Crippen LogP contribution in [0, 0.1) is 20.8 Å². The fourth-order valence-corrected chi connectivity index (χ4v) is 3.95. The molecule has 0 bridgehead atoms. The number of hydrogen-bond donors (Lipinski definition) is 0. The summed E-state index contributed by atoms with van der Waals surface area (Å²) in [4.78, 5) is 16.0. The molecule has 1 atom stereocenters. The van der Waals surface area contributed by atoms with E-state index in [1.165, 1.54) is 12.8 Å². The van der Waals surface area contributed by atoms with E-state index in [1.807, 2.05) is 39.2 Å².